The monoisotopic (exact) mass is 447 g/mol. The van der Waals surface area contributed by atoms with Gasteiger partial charge < -0.3 is 5.32 Å². The van der Waals surface area contributed by atoms with Crippen LogP contribution in [0.1, 0.15) is 24.4 Å². The second kappa shape index (κ2) is 10.5. The molecule has 2 heterocycles. The van der Waals surface area contributed by atoms with Crippen molar-refractivity contribution in [3.05, 3.63) is 27.0 Å². The summed E-state index contributed by atoms with van der Waals surface area (Å²) in [5.41, 5.74) is 0.425. The molecule has 1 saturated heterocycles. The van der Waals surface area contributed by atoms with E-state index >= 15 is 0 Å². The number of nitrogens with one attached hydrogen (secondary N) is 1. The van der Waals surface area contributed by atoms with E-state index in [1.54, 1.807) is 0 Å². The van der Waals surface area contributed by atoms with E-state index in [4.69, 9.17) is 34.8 Å². The number of nitrogens with zero attached hydrogens (tertiary/aromatic N) is 2. The van der Waals surface area contributed by atoms with Gasteiger partial charge in [-0.05, 0) is 6.42 Å². The van der Waals surface area contributed by atoms with E-state index in [0.29, 0.717) is 31.7 Å². The Morgan fingerprint density at radius 2 is 1.75 bits per heavy atom. The van der Waals surface area contributed by atoms with E-state index < -0.39 is 18.6 Å². The summed E-state index contributed by atoms with van der Waals surface area (Å²) in [5.74, 6) is 0. The third-order valence-corrected chi connectivity index (χ3v) is 4.66. The summed E-state index contributed by atoms with van der Waals surface area (Å²) < 4.78 is 37.9. The van der Waals surface area contributed by atoms with Gasteiger partial charge in [-0.2, -0.15) is 13.2 Å². The molecule has 1 aromatic heterocycles. The summed E-state index contributed by atoms with van der Waals surface area (Å²) in [5, 5.41) is 3.58. The van der Waals surface area contributed by atoms with Crippen LogP contribution in [-0.2, 0) is 0 Å². The zero-order valence-corrected chi connectivity index (χ0v) is 16.3. The largest absolute Gasteiger partial charge is 0.389 e. The molecular formula is C13H17Cl5F3N3. The summed E-state index contributed by atoms with van der Waals surface area (Å²) in [7, 11) is 0. The molecule has 1 aliphatic heterocycles. The smallest absolute Gasteiger partial charge is 0.314 e. The maximum absolute atomic E-state index is 12.6. The third kappa shape index (κ3) is 6.56. The molecule has 0 saturated carbocycles. The molecule has 1 aromatic rings. The maximum atomic E-state index is 12.6. The maximum Gasteiger partial charge on any atom is 0.389 e. The van der Waals surface area contributed by atoms with Crippen LogP contribution in [0.5, 0.6) is 0 Å². The van der Waals surface area contributed by atoms with Crippen molar-refractivity contribution in [2.24, 2.45) is 0 Å². The molecule has 0 amide bonds. The van der Waals surface area contributed by atoms with Gasteiger partial charge in [0.15, 0.2) is 0 Å². The molecular weight excluding hydrogens is 432 g/mol. The van der Waals surface area contributed by atoms with Gasteiger partial charge in [0.05, 0.1) is 10.0 Å². The first kappa shape index (κ1) is 24.3. The number of pyridine rings is 1. The summed E-state index contributed by atoms with van der Waals surface area (Å²) in [6.45, 7) is 2.65. The van der Waals surface area contributed by atoms with Crippen LogP contribution in [0.2, 0.25) is 15.2 Å². The van der Waals surface area contributed by atoms with Crippen LogP contribution < -0.4 is 5.32 Å². The van der Waals surface area contributed by atoms with Crippen molar-refractivity contribution in [2.75, 3.05) is 26.2 Å². The van der Waals surface area contributed by atoms with Gasteiger partial charge >= 0.3 is 6.18 Å². The fourth-order valence-electron chi connectivity index (χ4n) is 2.56. The second-order valence-corrected chi connectivity index (χ2v) is 6.22. The van der Waals surface area contributed by atoms with Gasteiger partial charge in [0.25, 0.3) is 0 Å². The fourth-order valence-corrected chi connectivity index (χ4v) is 3.31. The van der Waals surface area contributed by atoms with Crippen LogP contribution in [0.15, 0.2) is 6.20 Å². The van der Waals surface area contributed by atoms with E-state index in [1.807, 2.05) is 4.90 Å². The van der Waals surface area contributed by atoms with Gasteiger partial charge in [-0.25, -0.2) is 4.98 Å². The summed E-state index contributed by atoms with van der Waals surface area (Å²) in [6.07, 6.45) is -3.94. The number of aromatic nitrogens is 1. The summed E-state index contributed by atoms with van der Waals surface area (Å²) >= 11 is 18.2. The Hall–Kier alpha value is 0.310. The van der Waals surface area contributed by atoms with Crippen LogP contribution >= 0.6 is 59.6 Å². The fraction of sp³-hybridized carbons (Fsp3) is 0.615. The Bertz CT molecular complexity index is 524. The van der Waals surface area contributed by atoms with Crippen molar-refractivity contribution in [3.8, 4) is 0 Å². The lowest BCUT2D eigenvalue weighted by Gasteiger charge is -2.36. The predicted molar refractivity (Wildman–Crippen MR) is 96.2 cm³/mol. The molecule has 0 aliphatic carbocycles. The average molecular weight is 450 g/mol. The lowest BCUT2D eigenvalue weighted by molar-refractivity contribution is -0.138. The van der Waals surface area contributed by atoms with Crippen LogP contribution in [0.4, 0.5) is 13.2 Å². The molecule has 11 heteroatoms. The van der Waals surface area contributed by atoms with Crippen molar-refractivity contribution < 1.29 is 13.2 Å². The Labute approximate surface area is 166 Å². The molecule has 0 spiro atoms. The van der Waals surface area contributed by atoms with Crippen LogP contribution in [0, 0.1) is 0 Å². The first-order valence-corrected chi connectivity index (χ1v) is 7.94. The van der Waals surface area contributed by atoms with E-state index in [9.17, 15) is 13.2 Å². The zero-order chi connectivity index (χ0) is 16.3. The van der Waals surface area contributed by atoms with Crippen molar-refractivity contribution in [2.45, 2.75) is 25.1 Å². The van der Waals surface area contributed by atoms with Crippen LogP contribution in [-0.4, -0.2) is 42.2 Å². The van der Waals surface area contributed by atoms with Crippen LogP contribution in [0.25, 0.3) is 0 Å². The van der Waals surface area contributed by atoms with E-state index in [1.165, 1.54) is 6.20 Å². The van der Waals surface area contributed by atoms with E-state index in [2.05, 4.69) is 10.3 Å². The Kier molecular flexibility index (Phi) is 10.6. The summed E-state index contributed by atoms with van der Waals surface area (Å²) in [4.78, 5) is 5.77. The molecule has 140 valence electrons. The molecule has 3 nitrogen and oxygen atoms in total. The zero-order valence-electron chi connectivity index (χ0n) is 12.4. The van der Waals surface area contributed by atoms with Crippen molar-refractivity contribution in [1.82, 2.24) is 15.2 Å². The first-order chi connectivity index (χ1) is 10.3. The Morgan fingerprint density at radius 1 is 1.17 bits per heavy atom. The Morgan fingerprint density at radius 3 is 2.29 bits per heavy atom. The minimum atomic E-state index is -4.23. The second-order valence-electron chi connectivity index (χ2n) is 5.08. The predicted octanol–water partition coefficient (Wildman–Crippen LogP) is 5.17. The minimum Gasteiger partial charge on any atom is -0.314 e. The number of rotatable bonds is 4. The van der Waals surface area contributed by atoms with E-state index in [0.717, 1.165) is 0 Å². The number of piperazine rings is 1. The number of hydrogen-bond acceptors (Lipinski definition) is 3. The minimum absolute atomic E-state index is 0. The highest BCUT2D eigenvalue weighted by molar-refractivity contribution is 6.43. The molecule has 0 unspecified atom stereocenters. The lowest BCUT2D eigenvalue weighted by atomic mass is 10.00. The standard InChI is InChI=1S/C13H15Cl3F3N3.2ClH/c14-8-7-21-12(16)11(15)10(8)9(1-2-13(17,18)19)22-5-3-20-4-6-22;;/h7,9,20H,1-6H2;2*1H/t9-;;/m0../s1. The average Bonchev–Trinajstić information content (AvgIpc) is 2.46. The number of hydrogen-bond donors (Lipinski definition) is 1. The molecule has 1 N–H and O–H groups in total. The first-order valence-electron chi connectivity index (χ1n) is 6.80. The quantitative estimate of drug-likeness (QED) is 0.643. The highest BCUT2D eigenvalue weighted by atomic mass is 35.5. The SMILES string of the molecule is Cl.Cl.FC(F)(F)CC[C@@H](c1c(Cl)cnc(Cl)c1Cl)N1CCNCC1. The van der Waals surface area contributed by atoms with Crippen molar-refractivity contribution in [1.29, 1.82) is 0 Å². The molecule has 2 rings (SSSR count). The van der Waals surface area contributed by atoms with Gasteiger partial charge in [-0.15, -0.1) is 24.8 Å². The topological polar surface area (TPSA) is 28.2 Å². The molecule has 1 fully saturated rings. The third-order valence-electron chi connectivity index (χ3n) is 3.59. The molecule has 0 radical (unpaired) electrons. The van der Waals surface area contributed by atoms with Crippen molar-refractivity contribution in [3.63, 3.8) is 0 Å². The highest BCUT2D eigenvalue weighted by Gasteiger charge is 2.33. The molecule has 1 aliphatic rings. The van der Waals surface area contributed by atoms with Crippen molar-refractivity contribution >= 4 is 59.6 Å². The number of alkyl halides is 3. The highest BCUT2D eigenvalue weighted by Crippen LogP contribution is 2.40. The molecule has 0 bridgehead atoms. The van der Waals surface area contributed by atoms with Gasteiger partial charge in [0, 0.05) is 50.4 Å². The molecule has 1 atom stereocenters. The number of halogens is 8. The van der Waals surface area contributed by atoms with Gasteiger partial charge in [0.2, 0.25) is 0 Å². The van der Waals surface area contributed by atoms with Crippen LogP contribution in [0.3, 0.4) is 0 Å². The normalized spacial score (nSPS) is 16.9. The molecule has 0 aromatic carbocycles. The summed E-state index contributed by atoms with van der Waals surface area (Å²) in [6, 6.07) is -0.538. The van der Waals surface area contributed by atoms with Gasteiger partial charge in [-0.3, -0.25) is 4.90 Å². The van der Waals surface area contributed by atoms with Gasteiger partial charge in [-0.1, -0.05) is 34.8 Å². The Balaban J connectivity index is 0.00000264. The van der Waals surface area contributed by atoms with E-state index in [-0.39, 0.29) is 46.4 Å². The van der Waals surface area contributed by atoms with Gasteiger partial charge in [0.1, 0.15) is 5.15 Å². The molecule has 24 heavy (non-hydrogen) atoms. The lowest BCUT2D eigenvalue weighted by Crippen LogP contribution is -2.45.